The number of pyridine rings is 1. The number of nitrogens with zero attached hydrogens (tertiary/aromatic N) is 1. The summed E-state index contributed by atoms with van der Waals surface area (Å²) < 4.78 is 0. The highest BCUT2D eigenvalue weighted by Gasteiger charge is 2.03. The summed E-state index contributed by atoms with van der Waals surface area (Å²) in [6, 6.07) is 12.0. The highest BCUT2D eigenvalue weighted by Crippen LogP contribution is 2.22. The van der Waals surface area contributed by atoms with Crippen LogP contribution in [0.15, 0.2) is 36.4 Å². The minimum absolute atomic E-state index is 0.562. The molecule has 0 saturated carbocycles. The van der Waals surface area contributed by atoms with E-state index >= 15 is 0 Å². The van der Waals surface area contributed by atoms with Gasteiger partial charge in [0.1, 0.15) is 5.82 Å². The van der Waals surface area contributed by atoms with Gasteiger partial charge in [-0.15, -0.1) is 0 Å². The molecule has 1 aromatic carbocycles. The first-order chi connectivity index (χ1) is 7.16. The predicted octanol–water partition coefficient (Wildman–Crippen LogP) is 2.95. The van der Waals surface area contributed by atoms with Gasteiger partial charge in [0.05, 0.1) is 5.69 Å². The molecule has 0 fully saturated rings. The second-order valence-corrected chi connectivity index (χ2v) is 3.77. The number of nitrogen functional groups attached to an aromatic ring is 1. The maximum Gasteiger partial charge on any atom is 0.124 e. The zero-order valence-electron chi connectivity index (χ0n) is 8.99. The number of anilines is 1. The van der Waals surface area contributed by atoms with E-state index in [1.165, 1.54) is 11.1 Å². The zero-order valence-corrected chi connectivity index (χ0v) is 8.99. The Morgan fingerprint density at radius 1 is 1.07 bits per heavy atom. The van der Waals surface area contributed by atoms with Crippen molar-refractivity contribution >= 4 is 5.82 Å². The van der Waals surface area contributed by atoms with Gasteiger partial charge in [-0.3, -0.25) is 0 Å². The van der Waals surface area contributed by atoms with Crippen molar-refractivity contribution in [3.8, 4) is 11.3 Å². The van der Waals surface area contributed by atoms with E-state index in [0.717, 1.165) is 11.3 Å². The normalized spacial score (nSPS) is 10.3. The van der Waals surface area contributed by atoms with Crippen LogP contribution in [0.3, 0.4) is 0 Å². The zero-order chi connectivity index (χ0) is 10.8. The molecule has 2 N–H and O–H groups in total. The number of hydrogen-bond acceptors (Lipinski definition) is 2. The molecule has 0 spiro atoms. The molecule has 0 bridgehead atoms. The summed E-state index contributed by atoms with van der Waals surface area (Å²) in [6.07, 6.45) is 0. The Bertz CT molecular complexity index is 490. The van der Waals surface area contributed by atoms with E-state index in [-0.39, 0.29) is 0 Å². The highest BCUT2D eigenvalue weighted by molar-refractivity contribution is 5.65. The van der Waals surface area contributed by atoms with Gasteiger partial charge < -0.3 is 5.73 Å². The van der Waals surface area contributed by atoms with E-state index in [1.54, 1.807) is 6.07 Å². The molecule has 2 nitrogen and oxygen atoms in total. The second kappa shape index (κ2) is 3.73. The van der Waals surface area contributed by atoms with E-state index in [9.17, 15) is 0 Å². The molecule has 0 saturated heterocycles. The van der Waals surface area contributed by atoms with Crippen molar-refractivity contribution in [3.05, 3.63) is 47.5 Å². The summed E-state index contributed by atoms with van der Waals surface area (Å²) in [7, 11) is 0. The van der Waals surface area contributed by atoms with Gasteiger partial charge in [0, 0.05) is 5.56 Å². The fourth-order valence-corrected chi connectivity index (χ4v) is 1.70. The van der Waals surface area contributed by atoms with Gasteiger partial charge in [0.15, 0.2) is 0 Å². The topological polar surface area (TPSA) is 38.9 Å². The van der Waals surface area contributed by atoms with Crippen molar-refractivity contribution in [1.29, 1.82) is 0 Å². The molecular formula is C13H14N2. The van der Waals surface area contributed by atoms with Crippen LogP contribution in [0.25, 0.3) is 11.3 Å². The molecular weight excluding hydrogens is 184 g/mol. The fourth-order valence-electron chi connectivity index (χ4n) is 1.70. The third-order valence-corrected chi connectivity index (χ3v) is 2.43. The molecule has 1 heterocycles. The van der Waals surface area contributed by atoms with Crippen molar-refractivity contribution < 1.29 is 0 Å². The third kappa shape index (κ3) is 1.99. The van der Waals surface area contributed by atoms with Crippen molar-refractivity contribution in [1.82, 2.24) is 4.98 Å². The van der Waals surface area contributed by atoms with Crippen molar-refractivity contribution in [2.75, 3.05) is 5.73 Å². The van der Waals surface area contributed by atoms with Crippen molar-refractivity contribution in [2.45, 2.75) is 13.8 Å². The summed E-state index contributed by atoms with van der Waals surface area (Å²) in [5, 5.41) is 0. The highest BCUT2D eigenvalue weighted by atomic mass is 14.8. The van der Waals surface area contributed by atoms with Crippen LogP contribution in [0.1, 0.15) is 11.1 Å². The van der Waals surface area contributed by atoms with Gasteiger partial charge in [0.25, 0.3) is 0 Å². The first kappa shape index (κ1) is 9.71. The lowest BCUT2D eigenvalue weighted by atomic mass is 10.0. The molecule has 1 aromatic heterocycles. The minimum Gasteiger partial charge on any atom is -0.384 e. The number of rotatable bonds is 1. The number of aromatic nitrogens is 1. The van der Waals surface area contributed by atoms with Crippen LogP contribution in [0, 0.1) is 13.8 Å². The van der Waals surface area contributed by atoms with Crippen molar-refractivity contribution in [2.24, 2.45) is 0 Å². The average molecular weight is 198 g/mol. The van der Waals surface area contributed by atoms with Gasteiger partial charge in [-0.25, -0.2) is 4.98 Å². The van der Waals surface area contributed by atoms with Gasteiger partial charge >= 0.3 is 0 Å². The lowest BCUT2D eigenvalue weighted by Crippen LogP contribution is -1.93. The van der Waals surface area contributed by atoms with Gasteiger partial charge in [-0.1, -0.05) is 29.8 Å². The number of benzene rings is 1. The number of hydrogen-bond donors (Lipinski definition) is 1. The van der Waals surface area contributed by atoms with Crippen LogP contribution in [0.4, 0.5) is 5.82 Å². The van der Waals surface area contributed by atoms with Crippen LogP contribution in [-0.4, -0.2) is 4.98 Å². The average Bonchev–Trinajstić information content (AvgIpc) is 2.17. The van der Waals surface area contributed by atoms with Crippen LogP contribution in [0.2, 0.25) is 0 Å². The minimum atomic E-state index is 0.562. The summed E-state index contributed by atoms with van der Waals surface area (Å²) >= 11 is 0. The Labute approximate surface area is 89.8 Å². The molecule has 2 heteroatoms. The van der Waals surface area contributed by atoms with Crippen LogP contribution >= 0.6 is 0 Å². The fraction of sp³-hybridized carbons (Fsp3) is 0.154. The maximum atomic E-state index is 5.66. The second-order valence-electron chi connectivity index (χ2n) is 3.77. The standard InChI is InChI=1S/C13H14N2/c1-9-6-7-11(10(2)8-9)12-4-3-5-13(14)15-12/h3-8H,1-2H3,(H2,14,15). The number of nitrogens with two attached hydrogens (primary N) is 1. The SMILES string of the molecule is Cc1ccc(-c2cccc(N)n2)c(C)c1. The monoisotopic (exact) mass is 198 g/mol. The molecule has 2 rings (SSSR count). The van der Waals surface area contributed by atoms with Crippen molar-refractivity contribution in [3.63, 3.8) is 0 Å². The molecule has 0 radical (unpaired) electrons. The molecule has 0 aliphatic rings. The Kier molecular flexibility index (Phi) is 2.42. The van der Waals surface area contributed by atoms with E-state index in [1.807, 2.05) is 12.1 Å². The van der Waals surface area contributed by atoms with E-state index in [2.05, 4.69) is 37.0 Å². The molecule has 0 aliphatic carbocycles. The van der Waals surface area contributed by atoms with Gasteiger partial charge in [0.2, 0.25) is 0 Å². The third-order valence-electron chi connectivity index (χ3n) is 2.43. The predicted molar refractivity (Wildman–Crippen MR) is 63.6 cm³/mol. The largest absolute Gasteiger partial charge is 0.384 e. The first-order valence-corrected chi connectivity index (χ1v) is 4.97. The Morgan fingerprint density at radius 3 is 2.53 bits per heavy atom. The molecule has 0 atom stereocenters. The lowest BCUT2D eigenvalue weighted by molar-refractivity contribution is 1.30. The maximum absolute atomic E-state index is 5.66. The lowest BCUT2D eigenvalue weighted by Gasteiger charge is -2.06. The van der Waals surface area contributed by atoms with E-state index in [4.69, 9.17) is 5.73 Å². The molecule has 0 amide bonds. The van der Waals surface area contributed by atoms with E-state index < -0.39 is 0 Å². The number of aryl methyl sites for hydroxylation is 2. The summed E-state index contributed by atoms with van der Waals surface area (Å²) in [5.74, 6) is 0.562. The molecule has 15 heavy (non-hydrogen) atoms. The van der Waals surface area contributed by atoms with Crippen LogP contribution in [-0.2, 0) is 0 Å². The van der Waals surface area contributed by atoms with Crippen LogP contribution < -0.4 is 5.73 Å². The summed E-state index contributed by atoms with van der Waals surface area (Å²) in [5.41, 5.74) is 10.2. The Morgan fingerprint density at radius 2 is 1.87 bits per heavy atom. The first-order valence-electron chi connectivity index (χ1n) is 4.97. The van der Waals surface area contributed by atoms with Gasteiger partial charge in [-0.05, 0) is 31.5 Å². The smallest absolute Gasteiger partial charge is 0.124 e. The van der Waals surface area contributed by atoms with Gasteiger partial charge in [-0.2, -0.15) is 0 Å². The van der Waals surface area contributed by atoms with Crippen LogP contribution in [0.5, 0.6) is 0 Å². The Balaban J connectivity index is 2.54. The molecule has 0 unspecified atom stereocenters. The van der Waals surface area contributed by atoms with E-state index in [0.29, 0.717) is 5.82 Å². The molecule has 2 aromatic rings. The Hall–Kier alpha value is -1.83. The summed E-state index contributed by atoms with van der Waals surface area (Å²) in [6.45, 7) is 4.18. The summed E-state index contributed by atoms with van der Waals surface area (Å²) in [4.78, 5) is 4.31. The quantitative estimate of drug-likeness (QED) is 0.765. The molecule has 0 aliphatic heterocycles. The molecule has 76 valence electrons.